The molecule has 2 saturated carbocycles. The molecule has 0 atom stereocenters. The molecular weight excluding hydrogens is 232 g/mol. The summed E-state index contributed by atoms with van der Waals surface area (Å²) in [7, 11) is 0. The number of rotatable bonds is 5. The van der Waals surface area contributed by atoms with Gasteiger partial charge in [-0.2, -0.15) is 0 Å². The van der Waals surface area contributed by atoms with Crippen LogP contribution in [0.5, 0.6) is 0 Å². The van der Waals surface area contributed by atoms with Crippen molar-refractivity contribution in [3.8, 4) is 0 Å². The summed E-state index contributed by atoms with van der Waals surface area (Å²) in [6, 6.07) is 0.123. The third kappa shape index (κ3) is 3.70. The van der Waals surface area contributed by atoms with Crippen molar-refractivity contribution >= 4 is 11.8 Å². The molecule has 2 rings (SSSR count). The molecule has 0 aromatic rings. The van der Waals surface area contributed by atoms with Gasteiger partial charge in [0.25, 0.3) is 0 Å². The summed E-state index contributed by atoms with van der Waals surface area (Å²) in [6.45, 7) is 0.413. The number of aliphatic hydroxyl groups is 1. The maximum Gasteiger partial charge on any atom is 0.223 e. The first-order valence-corrected chi connectivity index (χ1v) is 6.90. The maximum atomic E-state index is 11.7. The van der Waals surface area contributed by atoms with Crippen LogP contribution in [-0.2, 0) is 9.59 Å². The number of aliphatic hydroxyl groups excluding tert-OH is 1. The number of nitrogens with one attached hydrogen (secondary N) is 2. The monoisotopic (exact) mass is 254 g/mol. The van der Waals surface area contributed by atoms with Crippen molar-refractivity contribution in [2.45, 2.75) is 57.1 Å². The van der Waals surface area contributed by atoms with Gasteiger partial charge in [0.05, 0.1) is 6.10 Å². The number of hydrogen-bond acceptors (Lipinski definition) is 3. The van der Waals surface area contributed by atoms with Crippen LogP contribution in [0.1, 0.15) is 44.9 Å². The van der Waals surface area contributed by atoms with E-state index in [9.17, 15) is 9.59 Å². The lowest BCUT2D eigenvalue weighted by atomic mass is 9.89. The van der Waals surface area contributed by atoms with Gasteiger partial charge in [0.15, 0.2) is 0 Å². The first-order valence-electron chi connectivity index (χ1n) is 6.90. The van der Waals surface area contributed by atoms with E-state index in [1.807, 2.05) is 0 Å². The highest BCUT2D eigenvalue weighted by Gasteiger charge is 2.28. The smallest absolute Gasteiger partial charge is 0.223 e. The van der Waals surface area contributed by atoms with E-state index in [2.05, 4.69) is 10.6 Å². The van der Waals surface area contributed by atoms with Gasteiger partial charge in [-0.15, -0.1) is 0 Å². The summed E-state index contributed by atoms with van der Waals surface area (Å²) >= 11 is 0. The maximum absolute atomic E-state index is 11.7. The molecule has 2 aliphatic carbocycles. The van der Waals surface area contributed by atoms with E-state index < -0.39 is 0 Å². The van der Waals surface area contributed by atoms with Gasteiger partial charge in [-0.05, 0) is 25.7 Å². The summed E-state index contributed by atoms with van der Waals surface area (Å²) in [5.74, 6) is 0.216. The largest absolute Gasteiger partial charge is 0.393 e. The topological polar surface area (TPSA) is 78.4 Å². The van der Waals surface area contributed by atoms with Crippen molar-refractivity contribution in [1.82, 2.24) is 10.6 Å². The molecular formula is C13H22N2O3. The average molecular weight is 254 g/mol. The Morgan fingerprint density at radius 2 is 1.83 bits per heavy atom. The zero-order valence-corrected chi connectivity index (χ0v) is 10.7. The Morgan fingerprint density at radius 3 is 2.44 bits per heavy atom. The van der Waals surface area contributed by atoms with Crippen LogP contribution in [0.3, 0.4) is 0 Å². The second-order valence-corrected chi connectivity index (χ2v) is 5.41. The molecule has 5 nitrogen and oxygen atoms in total. The molecule has 2 fully saturated rings. The van der Waals surface area contributed by atoms with E-state index in [0.717, 1.165) is 25.7 Å². The second kappa shape index (κ2) is 6.18. The first-order chi connectivity index (χ1) is 8.65. The van der Waals surface area contributed by atoms with Gasteiger partial charge >= 0.3 is 0 Å². The Hall–Kier alpha value is -1.10. The molecule has 2 aliphatic rings. The normalized spacial score (nSPS) is 27.6. The molecule has 0 bridgehead atoms. The molecule has 0 aromatic carbocycles. The number of amides is 2. The Balaban J connectivity index is 1.54. The lowest BCUT2D eigenvalue weighted by Gasteiger charge is -2.31. The van der Waals surface area contributed by atoms with E-state index >= 15 is 0 Å². The number of carbonyl (C=O) groups excluding carboxylic acids is 2. The van der Waals surface area contributed by atoms with E-state index in [1.54, 1.807) is 0 Å². The van der Waals surface area contributed by atoms with E-state index in [1.165, 1.54) is 0 Å². The zero-order valence-electron chi connectivity index (χ0n) is 10.7. The van der Waals surface area contributed by atoms with Crippen LogP contribution in [0.25, 0.3) is 0 Å². The van der Waals surface area contributed by atoms with Crippen LogP contribution in [0.15, 0.2) is 0 Å². The number of hydrogen-bond donors (Lipinski definition) is 3. The molecule has 0 aliphatic heterocycles. The molecule has 5 heteroatoms. The molecule has 0 aromatic heterocycles. The van der Waals surface area contributed by atoms with Crippen LogP contribution in [0, 0.1) is 5.92 Å². The quantitative estimate of drug-likeness (QED) is 0.661. The second-order valence-electron chi connectivity index (χ2n) is 5.41. The van der Waals surface area contributed by atoms with E-state index in [4.69, 9.17) is 5.11 Å². The zero-order chi connectivity index (χ0) is 13.0. The Kier molecular flexibility index (Phi) is 4.58. The summed E-state index contributed by atoms with van der Waals surface area (Å²) in [6.07, 6.45) is 5.63. The molecule has 0 radical (unpaired) electrons. The highest BCUT2D eigenvalue weighted by molar-refractivity contribution is 5.80. The predicted molar refractivity (Wildman–Crippen MR) is 66.8 cm³/mol. The molecule has 18 heavy (non-hydrogen) atoms. The van der Waals surface area contributed by atoms with Gasteiger partial charge in [-0.25, -0.2) is 0 Å². The van der Waals surface area contributed by atoms with Gasteiger partial charge in [-0.3, -0.25) is 9.59 Å². The third-order valence-corrected chi connectivity index (χ3v) is 3.86. The minimum Gasteiger partial charge on any atom is -0.393 e. The summed E-state index contributed by atoms with van der Waals surface area (Å²) in [5.41, 5.74) is 0. The molecule has 0 saturated heterocycles. The number of carbonyl (C=O) groups is 2. The van der Waals surface area contributed by atoms with Crippen molar-refractivity contribution in [3.63, 3.8) is 0 Å². The highest BCUT2D eigenvalue weighted by atomic mass is 16.3. The summed E-state index contributed by atoms with van der Waals surface area (Å²) in [4.78, 5) is 23.2. The lowest BCUT2D eigenvalue weighted by molar-refractivity contribution is -0.125. The van der Waals surface area contributed by atoms with Gasteiger partial charge in [0, 0.05) is 24.9 Å². The van der Waals surface area contributed by atoms with Crippen molar-refractivity contribution in [2.24, 2.45) is 5.92 Å². The summed E-state index contributed by atoms with van der Waals surface area (Å²) < 4.78 is 0. The average Bonchev–Trinajstić information content (AvgIpc) is 2.80. The van der Waals surface area contributed by atoms with Crippen molar-refractivity contribution in [1.29, 1.82) is 0 Å². The Labute approximate surface area is 107 Å². The van der Waals surface area contributed by atoms with Gasteiger partial charge in [0.2, 0.25) is 11.8 Å². The fraction of sp³-hybridized carbons (Fsp3) is 0.846. The van der Waals surface area contributed by atoms with Crippen molar-refractivity contribution in [3.05, 3.63) is 0 Å². The first kappa shape index (κ1) is 13.3. The minimum absolute atomic E-state index is 0.0429. The fourth-order valence-electron chi connectivity index (χ4n) is 2.64. The SMILES string of the molecule is O=C(CCNC(=O)C1CCCC1)NC1CC(O)C1. The van der Waals surface area contributed by atoms with E-state index in [0.29, 0.717) is 25.8 Å². The Bertz CT molecular complexity index is 307. The summed E-state index contributed by atoms with van der Waals surface area (Å²) in [5, 5.41) is 14.8. The van der Waals surface area contributed by atoms with Crippen LogP contribution < -0.4 is 10.6 Å². The van der Waals surface area contributed by atoms with Crippen LogP contribution >= 0.6 is 0 Å². The van der Waals surface area contributed by atoms with Gasteiger partial charge < -0.3 is 15.7 Å². The molecule has 0 heterocycles. The lowest BCUT2D eigenvalue weighted by Crippen LogP contribution is -2.47. The van der Waals surface area contributed by atoms with Crippen LogP contribution in [0.4, 0.5) is 0 Å². The molecule has 0 unspecified atom stereocenters. The van der Waals surface area contributed by atoms with Crippen LogP contribution in [0.2, 0.25) is 0 Å². The molecule has 3 N–H and O–H groups in total. The van der Waals surface area contributed by atoms with Crippen molar-refractivity contribution in [2.75, 3.05) is 6.54 Å². The molecule has 2 amide bonds. The van der Waals surface area contributed by atoms with E-state index in [-0.39, 0.29) is 29.9 Å². The van der Waals surface area contributed by atoms with Crippen LogP contribution in [-0.4, -0.2) is 35.6 Å². The predicted octanol–water partition coefficient (Wildman–Crippen LogP) is 0.322. The molecule has 0 spiro atoms. The van der Waals surface area contributed by atoms with Crippen molar-refractivity contribution < 1.29 is 14.7 Å². The van der Waals surface area contributed by atoms with Gasteiger partial charge in [-0.1, -0.05) is 12.8 Å². The standard InChI is InChI=1S/C13H22N2O3/c16-11-7-10(8-11)15-12(17)5-6-14-13(18)9-3-1-2-4-9/h9-11,16H,1-8H2,(H,14,18)(H,15,17). The third-order valence-electron chi connectivity index (χ3n) is 3.86. The Morgan fingerprint density at radius 1 is 1.17 bits per heavy atom. The molecule has 102 valence electrons. The van der Waals surface area contributed by atoms with Gasteiger partial charge in [0.1, 0.15) is 0 Å². The highest BCUT2D eigenvalue weighted by Crippen LogP contribution is 2.24. The minimum atomic E-state index is -0.252. The fourth-order valence-corrected chi connectivity index (χ4v) is 2.64.